The highest BCUT2D eigenvalue weighted by molar-refractivity contribution is 7.89. The van der Waals surface area contributed by atoms with E-state index >= 15 is 0 Å². The molecule has 0 amide bonds. The third-order valence-corrected chi connectivity index (χ3v) is 7.61. The van der Waals surface area contributed by atoms with Crippen LogP contribution in [0, 0.1) is 6.92 Å². The Labute approximate surface area is 169 Å². The van der Waals surface area contributed by atoms with Gasteiger partial charge in [-0.2, -0.15) is 4.98 Å². The van der Waals surface area contributed by atoms with Crippen molar-refractivity contribution in [2.24, 2.45) is 0 Å². The predicted octanol–water partition coefficient (Wildman–Crippen LogP) is 4.00. The summed E-state index contributed by atoms with van der Waals surface area (Å²) in [5.41, 5.74) is 1.75. The summed E-state index contributed by atoms with van der Waals surface area (Å²) >= 11 is 9.11. The average Bonchev–Trinajstić information content (AvgIpc) is 3.34. The molecule has 27 heavy (non-hydrogen) atoms. The van der Waals surface area contributed by atoms with Gasteiger partial charge in [0.25, 0.3) is 0 Å². The third kappa shape index (κ3) is 3.78. The SMILES string of the molecule is Cc1ccc(S(=O)(=O)NCCc2csc3nc(-c4cccs4)nn23)cc1Cl. The van der Waals surface area contributed by atoms with Crippen molar-refractivity contribution in [1.82, 2.24) is 19.3 Å². The highest BCUT2D eigenvalue weighted by atomic mass is 35.5. The topological polar surface area (TPSA) is 76.4 Å². The van der Waals surface area contributed by atoms with E-state index in [-0.39, 0.29) is 11.4 Å². The molecule has 0 aliphatic carbocycles. The fourth-order valence-corrected chi connectivity index (χ4v) is 5.36. The van der Waals surface area contributed by atoms with Crippen molar-refractivity contribution in [1.29, 1.82) is 0 Å². The average molecular weight is 439 g/mol. The van der Waals surface area contributed by atoms with E-state index in [1.54, 1.807) is 28.0 Å². The monoisotopic (exact) mass is 438 g/mol. The molecule has 10 heteroatoms. The Morgan fingerprint density at radius 3 is 2.85 bits per heavy atom. The molecule has 6 nitrogen and oxygen atoms in total. The minimum absolute atomic E-state index is 0.161. The summed E-state index contributed by atoms with van der Waals surface area (Å²) in [7, 11) is -3.61. The van der Waals surface area contributed by atoms with Crippen molar-refractivity contribution < 1.29 is 8.42 Å². The number of thiazole rings is 1. The fourth-order valence-electron chi connectivity index (χ4n) is 2.54. The summed E-state index contributed by atoms with van der Waals surface area (Å²) in [4.78, 5) is 6.49. The molecule has 0 unspecified atom stereocenters. The number of hydrogen-bond acceptors (Lipinski definition) is 6. The maximum absolute atomic E-state index is 12.4. The number of halogens is 1. The van der Waals surface area contributed by atoms with Crippen LogP contribution in [-0.2, 0) is 16.4 Å². The van der Waals surface area contributed by atoms with Gasteiger partial charge >= 0.3 is 0 Å². The van der Waals surface area contributed by atoms with Gasteiger partial charge in [0.05, 0.1) is 15.5 Å². The highest BCUT2D eigenvalue weighted by Crippen LogP contribution is 2.24. The Bertz CT molecular complexity index is 1200. The van der Waals surface area contributed by atoms with Gasteiger partial charge in [-0.1, -0.05) is 23.7 Å². The zero-order chi connectivity index (χ0) is 19.0. The van der Waals surface area contributed by atoms with Gasteiger partial charge in [-0.25, -0.2) is 17.7 Å². The van der Waals surface area contributed by atoms with Gasteiger partial charge in [0.2, 0.25) is 15.0 Å². The molecule has 3 heterocycles. The number of aryl methyl sites for hydroxylation is 1. The molecule has 0 saturated heterocycles. The van der Waals surface area contributed by atoms with Crippen molar-refractivity contribution >= 4 is 49.3 Å². The van der Waals surface area contributed by atoms with Crippen LogP contribution in [0.3, 0.4) is 0 Å². The van der Waals surface area contributed by atoms with E-state index in [9.17, 15) is 8.42 Å². The molecule has 4 aromatic rings. The number of fused-ring (bicyclic) bond motifs is 1. The Morgan fingerprint density at radius 1 is 1.26 bits per heavy atom. The first kappa shape index (κ1) is 18.6. The lowest BCUT2D eigenvalue weighted by molar-refractivity contribution is 0.581. The van der Waals surface area contributed by atoms with Crippen molar-refractivity contribution in [3.63, 3.8) is 0 Å². The summed E-state index contributed by atoms with van der Waals surface area (Å²) in [5.74, 6) is 0.688. The number of hydrogen-bond donors (Lipinski definition) is 1. The van der Waals surface area contributed by atoms with Crippen molar-refractivity contribution in [2.45, 2.75) is 18.2 Å². The van der Waals surface area contributed by atoms with Crippen molar-refractivity contribution in [2.75, 3.05) is 6.54 Å². The Morgan fingerprint density at radius 2 is 2.11 bits per heavy atom. The number of rotatable bonds is 6. The van der Waals surface area contributed by atoms with Gasteiger partial charge in [-0.05, 0) is 36.1 Å². The van der Waals surface area contributed by atoms with Crippen LogP contribution in [0.25, 0.3) is 15.7 Å². The molecule has 0 aliphatic heterocycles. The van der Waals surface area contributed by atoms with E-state index in [2.05, 4.69) is 14.8 Å². The van der Waals surface area contributed by atoms with Crippen LogP contribution in [0.1, 0.15) is 11.3 Å². The first-order valence-electron chi connectivity index (χ1n) is 8.07. The first-order chi connectivity index (χ1) is 12.9. The van der Waals surface area contributed by atoms with Crippen molar-refractivity contribution in [3.8, 4) is 10.7 Å². The molecule has 0 aliphatic rings. The minimum atomic E-state index is -3.61. The molecule has 0 atom stereocenters. The molecule has 0 radical (unpaired) electrons. The number of aromatic nitrogens is 3. The molecular formula is C17H15ClN4O2S3. The summed E-state index contributed by atoms with van der Waals surface area (Å²) in [6, 6.07) is 8.65. The van der Waals surface area contributed by atoms with Crippen LogP contribution in [0.5, 0.6) is 0 Å². The number of sulfonamides is 1. The predicted molar refractivity (Wildman–Crippen MR) is 109 cm³/mol. The Hall–Kier alpha value is -1.78. The van der Waals surface area contributed by atoms with Crippen LogP contribution in [0.15, 0.2) is 46.0 Å². The number of nitrogens with one attached hydrogen (secondary N) is 1. The zero-order valence-electron chi connectivity index (χ0n) is 14.2. The normalized spacial score (nSPS) is 12.1. The van der Waals surface area contributed by atoms with E-state index in [0.717, 1.165) is 21.1 Å². The molecule has 1 aromatic carbocycles. The maximum Gasteiger partial charge on any atom is 0.240 e. The summed E-state index contributed by atoms with van der Waals surface area (Å²) in [5, 5.41) is 8.91. The van der Waals surface area contributed by atoms with Gasteiger partial charge < -0.3 is 0 Å². The van der Waals surface area contributed by atoms with E-state index in [4.69, 9.17) is 11.6 Å². The third-order valence-electron chi connectivity index (χ3n) is 4.02. The lowest BCUT2D eigenvalue weighted by atomic mass is 10.2. The smallest absolute Gasteiger partial charge is 0.211 e. The molecule has 0 fully saturated rings. The van der Waals surface area contributed by atoms with Crippen LogP contribution in [0.2, 0.25) is 5.02 Å². The lowest BCUT2D eigenvalue weighted by Gasteiger charge is -2.07. The van der Waals surface area contributed by atoms with Crippen LogP contribution < -0.4 is 4.72 Å². The Kier molecular flexibility index (Phi) is 5.04. The maximum atomic E-state index is 12.4. The molecule has 0 saturated carbocycles. The fraction of sp³-hybridized carbons (Fsp3) is 0.176. The Balaban J connectivity index is 1.48. The molecule has 4 rings (SSSR count). The highest BCUT2D eigenvalue weighted by Gasteiger charge is 2.16. The first-order valence-corrected chi connectivity index (χ1v) is 11.7. The molecular weight excluding hydrogens is 424 g/mol. The van der Waals surface area contributed by atoms with Gasteiger partial charge in [-0.3, -0.25) is 0 Å². The summed E-state index contributed by atoms with van der Waals surface area (Å²) in [6.07, 6.45) is 0.506. The van der Waals surface area contributed by atoms with Crippen LogP contribution in [0.4, 0.5) is 0 Å². The van der Waals surface area contributed by atoms with E-state index < -0.39 is 10.0 Å². The number of thiophene rings is 1. The van der Waals surface area contributed by atoms with Crippen LogP contribution >= 0.6 is 34.3 Å². The number of benzene rings is 1. The standard InChI is InChI=1S/C17H15ClN4O2S3/c1-11-4-5-13(9-14(11)18)27(23,24)19-7-6-12-10-26-17-20-16(21-22(12)17)15-3-2-8-25-15/h2-5,8-10,19H,6-7H2,1H3. The molecule has 1 N–H and O–H groups in total. The quantitative estimate of drug-likeness (QED) is 0.493. The van der Waals surface area contributed by atoms with E-state index in [0.29, 0.717) is 17.3 Å². The van der Waals surface area contributed by atoms with Gasteiger partial charge in [0.15, 0.2) is 5.82 Å². The molecule has 0 spiro atoms. The second kappa shape index (κ2) is 7.33. The van der Waals surface area contributed by atoms with Crippen LogP contribution in [-0.4, -0.2) is 29.6 Å². The van der Waals surface area contributed by atoms with Crippen molar-refractivity contribution in [3.05, 3.63) is 57.4 Å². The van der Waals surface area contributed by atoms with Gasteiger partial charge in [-0.15, -0.1) is 27.8 Å². The summed E-state index contributed by atoms with van der Waals surface area (Å²) in [6.45, 7) is 2.09. The largest absolute Gasteiger partial charge is 0.240 e. The number of nitrogens with zero attached hydrogens (tertiary/aromatic N) is 3. The van der Waals surface area contributed by atoms with E-state index in [1.165, 1.54) is 17.4 Å². The molecule has 3 aromatic heterocycles. The van der Waals surface area contributed by atoms with E-state index in [1.807, 2.05) is 29.8 Å². The minimum Gasteiger partial charge on any atom is -0.211 e. The van der Waals surface area contributed by atoms with Gasteiger partial charge in [0, 0.05) is 23.4 Å². The zero-order valence-corrected chi connectivity index (χ0v) is 17.4. The molecule has 0 bridgehead atoms. The molecule has 140 valence electrons. The second-order valence-corrected chi connectivity index (χ2v) is 9.85. The summed E-state index contributed by atoms with van der Waals surface area (Å²) < 4.78 is 29.3. The van der Waals surface area contributed by atoms with Gasteiger partial charge in [0.1, 0.15) is 0 Å². The second-order valence-electron chi connectivity index (χ2n) is 5.89. The lowest BCUT2D eigenvalue weighted by Crippen LogP contribution is -2.26.